The summed E-state index contributed by atoms with van der Waals surface area (Å²) in [6, 6.07) is 0. The Bertz CT molecular complexity index is 590. The van der Waals surface area contributed by atoms with Crippen LogP contribution in [0.1, 0.15) is 52.4 Å². The molecule has 0 heterocycles. The molecule has 0 unspecified atom stereocenters. The first-order valence-electron chi connectivity index (χ1n) is 7.95. The maximum absolute atomic E-state index is 13.5. The van der Waals surface area contributed by atoms with Crippen LogP contribution in [0, 0.1) is 23.2 Å². The van der Waals surface area contributed by atoms with E-state index < -0.39 is 26.9 Å². The van der Waals surface area contributed by atoms with Crippen molar-refractivity contribution in [2.24, 2.45) is 23.2 Å². The third-order valence-corrected chi connectivity index (χ3v) is 7.04. The molecule has 0 amide bonds. The van der Waals surface area contributed by atoms with E-state index in [2.05, 4.69) is 0 Å². The lowest BCUT2D eigenvalue weighted by Crippen LogP contribution is -2.58. The van der Waals surface area contributed by atoms with Crippen molar-refractivity contribution < 1.29 is 31.3 Å². The lowest BCUT2D eigenvalue weighted by molar-refractivity contribution is -0.210. The quantitative estimate of drug-likeness (QED) is 0.621. The topological polar surface area (TPSA) is 80.7 Å². The van der Waals surface area contributed by atoms with Crippen molar-refractivity contribution in [3.05, 3.63) is 0 Å². The summed E-state index contributed by atoms with van der Waals surface area (Å²) >= 11 is 0. The molecule has 8 heteroatoms. The third kappa shape index (κ3) is 2.58. The van der Waals surface area contributed by atoms with Crippen LogP contribution in [-0.4, -0.2) is 29.8 Å². The van der Waals surface area contributed by atoms with Crippen molar-refractivity contribution in [2.75, 3.05) is 0 Å². The second-order valence-electron chi connectivity index (χ2n) is 8.09. The van der Waals surface area contributed by atoms with Gasteiger partial charge >= 0.3 is 21.3 Å². The Morgan fingerprint density at radius 3 is 1.83 bits per heavy atom. The second kappa shape index (κ2) is 4.88. The number of halogens is 2. The van der Waals surface area contributed by atoms with Crippen LogP contribution in [0.3, 0.4) is 0 Å². The monoisotopic (exact) mass is 352 g/mol. The van der Waals surface area contributed by atoms with Gasteiger partial charge in [-0.05, 0) is 70.1 Å². The van der Waals surface area contributed by atoms with E-state index in [0.29, 0.717) is 17.8 Å². The highest BCUT2D eigenvalue weighted by Crippen LogP contribution is 2.64. The van der Waals surface area contributed by atoms with Gasteiger partial charge in [0.15, 0.2) is 0 Å². The van der Waals surface area contributed by atoms with Crippen LogP contribution in [0.15, 0.2) is 0 Å². The molecule has 4 rings (SSSR count). The van der Waals surface area contributed by atoms with Crippen LogP contribution in [0.2, 0.25) is 0 Å². The maximum atomic E-state index is 13.5. The zero-order valence-corrected chi connectivity index (χ0v) is 14.0. The smallest absolute Gasteiger partial charge is 0.454 e. The highest BCUT2D eigenvalue weighted by atomic mass is 32.2. The largest absolute Gasteiger partial charge is 0.465 e. The van der Waals surface area contributed by atoms with Gasteiger partial charge in [-0.25, -0.2) is 4.79 Å². The molecule has 4 bridgehead atoms. The first-order valence-corrected chi connectivity index (χ1v) is 9.39. The van der Waals surface area contributed by atoms with Gasteiger partial charge in [0, 0.05) is 5.41 Å². The van der Waals surface area contributed by atoms with Gasteiger partial charge in [-0.1, -0.05) is 0 Å². The van der Waals surface area contributed by atoms with Crippen LogP contribution < -0.4 is 0 Å². The standard InChI is InChI=1S/C15H22F2O5S/c1-13(2,22-12(18)15(16,17)23(19,20)21)14-6-9-3-10(7-14)5-11(4-9)8-14/h9-11H,3-8H2,1-2H3,(H,19,20,21). The molecular formula is C15H22F2O5S. The molecule has 0 atom stereocenters. The minimum atomic E-state index is -5.84. The fraction of sp³-hybridized carbons (Fsp3) is 0.933. The summed E-state index contributed by atoms with van der Waals surface area (Å²) < 4.78 is 62.0. The Balaban J connectivity index is 1.83. The molecule has 0 aromatic heterocycles. The number of hydrogen-bond acceptors (Lipinski definition) is 4. The fourth-order valence-electron chi connectivity index (χ4n) is 5.35. The lowest BCUT2D eigenvalue weighted by atomic mass is 9.46. The van der Waals surface area contributed by atoms with Gasteiger partial charge < -0.3 is 4.74 Å². The number of esters is 1. The Morgan fingerprint density at radius 2 is 1.48 bits per heavy atom. The average molecular weight is 352 g/mol. The number of carbonyl (C=O) groups excluding carboxylic acids is 1. The first-order chi connectivity index (χ1) is 10.4. The molecule has 0 saturated heterocycles. The zero-order valence-electron chi connectivity index (χ0n) is 13.2. The molecule has 0 radical (unpaired) electrons. The van der Waals surface area contributed by atoms with Crippen LogP contribution in [-0.2, 0) is 19.6 Å². The minimum absolute atomic E-state index is 0.382. The molecular weight excluding hydrogens is 330 g/mol. The van der Waals surface area contributed by atoms with Gasteiger partial charge in [0.2, 0.25) is 0 Å². The van der Waals surface area contributed by atoms with Crippen molar-refractivity contribution in [3.63, 3.8) is 0 Å². The van der Waals surface area contributed by atoms with E-state index in [4.69, 9.17) is 9.29 Å². The predicted octanol–water partition coefficient (Wildman–Crippen LogP) is 3.01. The zero-order chi connectivity index (χ0) is 17.3. The van der Waals surface area contributed by atoms with Gasteiger partial charge in [0.25, 0.3) is 0 Å². The SMILES string of the molecule is CC(C)(OC(=O)C(F)(F)S(=O)(=O)O)C12CC3CC(CC(C3)C1)C2. The number of alkyl halides is 2. The summed E-state index contributed by atoms with van der Waals surface area (Å²) in [5.74, 6) is -0.607. The second-order valence-corrected chi connectivity index (χ2v) is 9.55. The van der Waals surface area contributed by atoms with Crippen molar-refractivity contribution in [1.29, 1.82) is 0 Å². The Morgan fingerprint density at radius 1 is 1.09 bits per heavy atom. The van der Waals surface area contributed by atoms with E-state index in [-0.39, 0.29) is 5.41 Å². The summed E-state index contributed by atoms with van der Waals surface area (Å²) in [7, 11) is -5.84. The van der Waals surface area contributed by atoms with E-state index in [9.17, 15) is 22.0 Å². The van der Waals surface area contributed by atoms with Gasteiger partial charge in [0.05, 0.1) is 0 Å². The Labute approximate surface area is 134 Å². The van der Waals surface area contributed by atoms with Gasteiger partial charge in [-0.3, -0.25) is 4.55 Å². The lowest BCUT2D eigenvalue weighted by Gasteiger charge is -2.61. The fourth-order valence-corrected chi connectivity index (χ4v) is 5.61. The van der Waals surface area contributed by atoms with E-state index >= 15 is 0 Å². The predicted molar refractivity (Wildman–Crippen MR) is 77.3 cm³/mol. The Kier molecular flexibility index (Phi) is 3.62. The molecule has 0 aromatic rings. The number of ether oxygens (including phenoxy) is 1. The van der Waals surface area contributed by atoms with Crippen molar-refractivity contribution >= 4 is 16.1 Å². The molecule has 1 N–H and O–H groups in total. The van der Waals surface area contributed by atoms with Crippen LogP contribution in [0.25, 0.3) is 0 Å². The molecule has 0 aliphatic heterocycles. The third-order valence-electron chi connectivity index (χ3n) is 6.22. The molecule has 4 fully saturated rings. The van der Waals surface area contributed by atoms with E-state index in [1.807, 2.05) is 0 Å². The molecule has 5 nitrogen and oxygen atoms in total. The molecule has 0 aromatic carbocycles. The number of rotatable bonds is 4. The van der Waals surface area contributed by atoms with Gasteiger partial charge in [0.1, 0.15) is 5.60 Å². The summed E-state index contributed by atoms with van der Waals surface area (Å²) in [6.07, 6.45) is 5.88. The number of carbonyl (C=O) groups is 1. The molecule has 4 aliphatic rings. The highest BCUT2D eigenvalue weighted by molar-refractivity contribution is 7.87. The molecule has 23 heavy (non-hydrogen) atoms. The van der Waals surface area contributed by atoms with E-state index in [1.54, 1.807) is 13.8 Å². The molecule has 4 aliphatic carbocycles. The summed E-state index contributed by atoms with van der Waals surface area (Å²) in [4.78, 5) is 11.7. The van der Waals surface area contributed by atoms with Crippen molar-refractivity contribution in [2.45, 2.75) is 63.2 Å². The van der Waals surface area contributed by atoms with Crippen LogP contribution in [0.4, 0.5) is 8.78 Å². The normalized spacial score (nSPS) is 37.0. The van der Waals surface area contributed by atoms with Gasteiger partial charge in [-0.15, -0.1) is 0 Å². The minimum Gasteiger partial charge on any atom is -0.454 e. The average Bonchev–Trinajstić information content (AvgIpc) is 2.34. The van der Waals surface area contributed by atoms with Crippen molar-refractivity contribution in [3.8, 4) is 0 Å². The van der Waals surface area contributed by atoms with Crippen LogP contribution in [0.5, 0.6) is 0 Å². The Hall–Kier alpha value is -0.760. The maximum Gasteiger partial charge on any atom is 0.465 e. The van der Waals surface area contributed by atoms with Crippen LogP contribution >= 0.6 is 0 Å². The first kappa shape index (κ1) is 17.1. The molecule has 4 saturated carbocycles. The summed E-state index contributed by atoms with van der Waals surface area (Å²) in [5.41, 5.74) is -1.58. The van der Waals surface area contributed by atoms with Gasteiger partial charge in [-0.2, -0.15) is 17.2 Å². The molecule has 0 spiro atoms. The number of hydrogen-bond donors (Lipinski definition) is 1. The molecule has 132 valence electrons. The van der Waals surface area contributed by atoms with E-state index in [0.717, 1.165) is 38.5 Å². The summed E-state index contributed by atoms with van der Waals surface area (Å²) in [5, 5.41) is -4.94. The highest BCUT2D eigenvalue weighted by Gasteiger charge is 2.62. The van der Waals surface area contributed by atoms with E-state index in [1.165, 1.54) is 0 Å². The van der Waals surface area contributed by atoms with Crippen molar-refractivity contribution in [1.82, 2.24) is 0 Å². The summed E-state index contributed by atoms with van der Waals surface area (Å²) in [6.45, 7) is 3.16.